The number of methoxy groups -OCH3 is 2. The van der Waals surface area contributed by atoms with Crippen molar-refractivity contribution in [3.8, 4) is 11.8 Å². The average Bonchev–Trinajstić information content (AvgIpc) is 2.86. The van der Waals surface area contributed by atoms with E-state index in [1.807, 2.05) is 0 Å². The van der Waals surface area contributed by atoms with Crippen LogP contribution < -0.4 is 36.7 Å². The Kier molecular flexibility index (Phi) is 7.56. The molecular weight excluding hydrogens is 438 g/mol. The summed E-state index contributed by atoms with van der Waals surface area (Å²) in [5, 5.41) is 14.4. The van der Waals surface area contributed by atoms with Crippen LogP contribution in [0.1, 0.15) is 17.2 Å². The first-order valence-electron chi connectivity index (χ1n) is 9.94. The zero-order chi connectivity index (χ0) is 24.7. The lowest BCUT2D eigenvalue weighted by Gasteiger charge is -2.25. The molecule has 0 saturated carbocycles. The molecule has 0 fully saturated rings. The average molecular weight is 464 g/mol. The predicted molar refractivity (Wildman–Crippen MR) is 128 cm³/mol. The third kappa shape index (κ3) is 5.75. The van der Waals surface area contributed by atoms with Crippen LogP contribution in [0, 0.1) is 5.41 Å². The molecule has 0 bridgehead atoms. The third-order valence-corrected chi connectivity index (χ3v) is 4.69. The van der Waals surface area contributed by atoms with Gasteiger partial charge in [-0.3, -0.25) is 10.4 Å². The summed E-state index contributed by atoms with van der Waals surface area (Å²) in [7, 11) is 2.97. The van der Waals surface area contributed by atoms with Crippen LogP contribution in [0.5, 0.6) is 11.8 Å². The van der Waals surface area contributed by atoms with Crippen LogP contribution in [0.2, 0.25) is 0 Å². The summed E-state index contributed by atoms with van der Waals surface area (Å²) in [6.45, 7) is 4.03. The molecule has 0 spiro atoms. The van der Waals surface area contributed by atoms with E-state index in [1.54, 1.807) is 36.4 Å². The fourth-order valence-corrected chi connectivity index (χ4v) is 2.95. The maximum Gasteiger partial charge on any atom is 0.341 e. The summed E-state index contributed by atoms with van der Waals surface area (Å²) in [5.41, 5.74) is 7.71. The van der Waals surface area contributed by atoms with E-state index < -0.39 is 12.1 Å². The van der Waals surface area contributed by atoms with Gasteiger partial charge in [-0.2, -0.15) is 4.98 Å². The maximum absolute atomic E-state index is 12.7. The number of hydrogen-bond acceptors (Lipinski definition) is 9. The third-order valence-electron chi connectivity index (χ3n) is 4.69. The van der Waals surface area contributed by atoms with E-state index >= 15 is 0 Å². The topological polar surface area (TPSA) is 177 Å². The number of carbonyl (C=O) groups excluding carboxylic acids is 1. The number of benzene rings is 1. The minimum Gasteiger partial charge on any atom is -0.481 e. The lowest BCUT2D eigenvalue weighted by Crippen LogP contribution is -2.46. The highest BCUT2D eigenvalue weighted by Gasteiger charge is 2.22. The number of nitrogens with one attached hydrogen (secondary N) is 3. The summed E-state index contributed by atoms with van der Waals surface area (Å²) in [6.07, 6.45) is 4.24. The quantitative estimate of drug-likeness (QED) is 0.104. The molecule has 12 heteroatoms. The number of anilines is 2. The smallest absolute Gasteiger partial charge is 0.341 e. The Hall–Kier alpha value is -4.71. The van der Waals surface area contributed by atoms with Crippen molar-refractivity contribution in [2.75, 3.05) is 24.5 Å². The van der Waals surface area contributed by atoms with Gasteiger partial charge in [0.15, 0.2) is 5.82 Å². The molecule has 2 amide bonds. The van der Waals surface area contributed by atoms with E-state index in [2.05, 4.69) is 32.2 Å². The van der Waals surface area contributed by atoms with Gasteiger partial charge in [0, 0.05) is 41.5 Å². The van der Waals surface area contributed by atoms with Crippen molar-refractivity contribution >= 4 is 23.4 Å². The molecule has 176 valence electrons. The fourth-order valence-electron chi connectivity index (χ4n) is 2.95. The Morgan fingerprint density at radius 3 is 2.32 bits per heavy atom. The van der Waals surface area contributed by atoms with Gasteiger partial charge in [-0.25, -0.2) is 20.6 Å². The van der Waals surface area contributed by atoms with Crippen molar-refractivity contribution < 1.29 is 14.3 Å². The molecular formula is C22H25N9O3. The van der Waals surface area contributed by atoms with Crippen LogP contribution in [0.15, 0.2) is 67.3 Å². The standard InChI is InChI=1S/C22H25N9O3/c1-13(28-22(32)31(25)17-12-26-8-9-27-17)20(15-10-18(33-2)30-19(11-15)34-3)29-16-6-4-14(5-7-16)21(23)24/h4-12,20,29H,1,25H2,2-3H3,(H3,23,24)(H,28,32). The Morgan fingerprint density at radius 2 is 1.79 bits per heavy atom. The monoisotopic (exact) mass is 463 g/mol. The van der Waals surface area contributed by atoms with Crippen LogP contribution >= 0.6 is 0 Å². The van der Waals surface area contributed by atoms with Gasteiger partial charge in [0.25, 0.3) is 0 Å². The van der Waals surface area contributed by atoms with E-state index in [-0.39, 0.29) is 17.4 Å². The molecule has 3 rings (SSSR count). The summed E-state index contributed by atoms with van der Waals surface area (Å²) >= 11 is 0. The zero-order valence-electron chi connectivity index (χ0n) is 18.6. The van der Waals surface area contributed by atoms with Gasteiger partial charge in [-0.15, -0.1) is 0 Å². The lowest BCUT2D eigenvalue weighted by molar-refractivity contribution is 0.248. The summed E-state index contributed by atoms with van der Waals surface area (Å²) in [5.74, 6) is 6.63. The lowest BCUT2D eigenvalue weighted by atomic mass is 10.0. The Bertz CT molecular complexity index is 1150. The molecule has 7 N–H and O–H groups in total. The number of amides is 2. The Balaban J connectivity index is 1.91. The number of hydrazine groups is 1. The van der Waals surface area contributed by atoms with E-state index in [9.17, 15) is 4.79 Å². The van der Waals surface area contributed by atoms with Gasteiger partial charge in [0.2, 0.25) is 11.8 Å². The SMILES string of the molecule is C=C(NC(=O)N(N)c1cnccn1)C(Nc1ccc(C(=N)N)cc1)c1cc(OC)nc(OC)c1. The zero-order valence-corrected chi connectivity index (χ0v) is 18.6. The van der Waals surface area contributed by atoms with E-state index in [0.717, 1.165) is 5.01 Å². The van der Waals surface area contributed by atoms with Gasteiger partial charge in [-0.1, -0.05) is 6.58 Å². The Labute approximate surface area is 196 Å². The molecule has 0 radical (unpaired) electrons. The van der Waals surface area contributed by atoms with Gasteiger partial charge < -0.3 is 25.8 Å². The van der Waals surface area contributed by atoms with Crippen LogP contribution in [-0.4, -0.2) is 41.0 Å². The summed E-state index contributed by atoms with van der Waals surface area (Å²) in [4.78, 5) is 24.9. The number of pyridine rings is 1. The minimum atomic E-state index is -0.669. The van der Waals surface area contributed by atoms with Crippen LogP contribution in [0.3, 0.4) is 0 Å². The van der Waals surface area contributed by atoms with Crippen molar-refractivity contribution in [3.05, 3.63) is 78.4 Å². The first-order valence-corrected chi connectivity index (χ1v) is 9.94. The van der Waals surface area contributed by atoms with Crippen molar-refractivity contribution in [2.45, 2.75) is 6.04 Å². The molecule has 2 aromatic heterocycles. The van der Waals surface area contributed by atoms with Gasteiger partial charge >= 0.3 is 6.03 Å². The first-order chi connectivity index (χ1) is 16.3. The number of rotatable bonds is 9. The van der Waals surface area contributed by atoms with E-state index in [4.69, 9.17) is 26.5 Å². The van der Waals surface area contributed by atoms with Gasteiger partial charge in [-0.05, 0) is 29.8 Å². The first kappa shape index (κ1) is 23.9. The Morgan fingerprint density at radius 1 is 1.15 bits per heavy atom. The number of hydrogen-bond donors (Lipinski definition) is 5. The summed E-state index contributed by atoms with van der Waals surface area (Å²) in [6, 6.07) is 8.96. The number of ether oxygens (including phenoxy) is 2. The maximum atomic E-state index is 12.7. The number of amidine groups is 1. The number of aromatic nitrogens is 3. The molecule has 1 aromatic carbocycles. The number of urea groups is 1. The number of nitrogens with zero attached hydrogens (tertiary/aromatic N) is 4. The second-order valence-corrected chi connectivity index (χ2v) is 6.94. The number of carbonyl (C=O) groups is 1. The highest BCUT2D eigenvalue weighted by Crippen LogP contribution is 2.29. The summed E-state index contributed by atoms with van der Waals surface area (Å²) < 4.78 is 10.6. The van der Waals surface area contributed by atoms with E-state index in [0.29, 0.717) is 28.6 Å². The van der Waals surface area contributed by atoms with Gasteiger partial charge in [0.1, 0.15) is 5.84 Å². The van der Waals surface area contributed by atoms with Crippen molar-refractivity contribution in [1.29, 1.82) is 5.41 Å². The number of nitrogens with two attached hydrogens (primary N) is 2. The predicted octanol–water partition coefficient (Wildman–Crippen LogP) is 1.93. The molecule has 12 nitrogen and oxygen atoms in total. The van der Waals surface area contributed by atoms with Crippen LogP contribution in [-0.2, 0) is 0 Å². The highest BCUT2D eigenvalue weighted by molar-refractivity contribution is 5.95. The largest absolute Gasteiger partial charge is 0.481 e. The van der Waals surface area contributed by atoms with Crippen molar-refractivity contribution in [1.82, 2.24) is 20.3 Å². The number of nitrogen functional groups attached to an aromatic ring is 1. The van der Waals surface area contributed by atoms with E-state index in [1.165, 1.54) is 32.8 Å². The van der Waals surface area contributed by atoms with Crippen LogP contribution in [0.25, 0.3) is 0 Å². The second-order valence-electron chi connectivity index (χ2n) is 6.94. The van der Waals surface area contributed by atoms with Crippen LogP contribution in [0.4, 0.5) is 16.3 Å². The highest BCUT2D eigenvalue weighted by atomic mass is 16.5. The molecule has 3 aromatic rings. The second kappa shape index (κ2) is 10.7. The fraction of sp³-hybridized carbons (Fsp3) is 0.136. The molecule has 34 heavy (non-hydrogen) atoms. The molecule has 0 aliphatic heterocycles. The molecule has 0 aliphatic rings. The normalized spacial score (nSPS) is 11.1. The van der Waals surface area contributed by atoms with Crippen molar-refractivity contribution in [2.24, 2.45) is 11.6 Å². The molecule has 2 heterocycles. The van der Waals surface area contributed by atoms with Gasteiger partial charge in [0.05, 0.1) is 26.5 Å². The minimum absolute atomic E-state index is 0.0459. The molecule has 0 aliphatic carbocycles. The van der Waals surface area contributed by atoms with Crippen molar-refractivity contribution in [3.63, 3.8) is 0 Å². The molecule has 1 atom stereocenters. The molecule has 0 saturated heterocycles. The molecule has 1 unspecified atom stereocenters.